The van der Waals surface area contributed by atoms with Gasteiger partial charge < -0.3 is 5.73 Å². The summed E-state index contributed by atoms with van der Waals surface area (Å²) in [6.07, 6.45) is 1.06. The molecule has 6 nitrogen and oxygen atoms in total. The van der Waals surface area contributed by atoms with Crippen LogP contribution >= 0.6 is 0 Å². The van der Waals surface area contributed by atoms with Crippen molar-refractivity contribution in [2.75, 3.05) is 13.1 Å². The number of carbonyl (C=O) groups excluding carboxylic acids is 1. The van der Waals surface area contributed by atoms with Crippen molar-refractivity contribution in [3.8, 4) is 6.07 Å². The van der Waals surface area contributed by atoms with Crippen LogP contribution in [0, 0.1) is 24.2 Å². The molecule has 0 radical (unpaired) electrons. The zero-order chi connectivity index (χ0) is 15.6. The Morgan fingerprint density at radius 1 is 1.38 bits per heavy atom. The summed E-state index contributed by atoms with van der Waals surface area (Å²) in [6.45, 7) is 2.34. The van der Waals surface area contributed by atoms with Gasteiger partial charge in [-0.3, -0.25) is 4.79 Å². The van der Waals surface area contributed by atoms with E-state index in [0.717, 1.165) is 0 Å². The first kappa shape index (κ1) is 15.5. The van der Waals surface area contributed by atoms with Crippen molar-refractivity contribution in [3.63, 3.8) is 0 Å². The molecule has 0 saturated carbocycles. The fourth-order valence-corrected chi connectivity index (χ4v) is 3.90. The monoisotopic (exact) mass is 307 g/mol. The van der Waals surface area contributed by atoms with Crippen LogP contribution in [0.3, 0.4) is 0 Å². The molecule has 2 N–H and O–H groups in total. The van der Waals surface area contributed by atoms with Crippen LogP contribution in [0.15, 0.2) is 23.1 Å². The summed E-state index contributed by atoms with van der Waals surface area (Å²) in [5.74, 6) is -0.733. The lowest BCUT2D eigenvalue weighted by Gasteiger charge is -2.28. The lowest BCUT2D eigenvalue weighted by molar-refractivity contribution is 0.0999. The summed E-state index contributed by atoms with van der Waals surface area (Å²) in [6, 6.07) is 6.55. The molecule has 1 aliphatic rings. The molecule has 1 aromatic carbocycles. The van der Waals surface area contributed by atoms with Gasteiger partial charge in [-0.1, -0.05) is 6.07 Å². The number of hydrogen-bond donors (Lipinski definition) is 1. The molecule has 1 aliphatic heterocycles. The highest BCUT2D eigenvalue weighted by Crippen LogP contribution is 2.24. The van der Waals surface area contributed by atoms with Gasteiger partial charge in [-0.15, -0.1) is 0 Å². The van der Waals surface area contributed by atoms with Gasteiger partial charge >= 0.3 is 0 Å². The Kier molecular flexibility index (Phi) is 4.30. The SMILES string of the molecule is Cc1ccc(S(=O)(=O)N2CCC(C#N)CC2)cc1C(N)=O. The van der Waals surface area contributed by atoms with Crippen LogP contribution in [-0.4, -0.2) is 31.7 Å². The van der Waals surface area contributed by atoms with E-state index in [4.69, 9.17) is 11.0 Å². The lowest BCUT2D eigenvalue weighted by atomic mass is 10.0. The number of piperidine rings is 1. The molecule has 0 aliphatic carbocycles. The fourth-order valence-electron chi connectivity index (χ4n) is 2.40. The van der Waals surface area contributed by atoms with Crippen molar-refractivity contribution >= 4 is 15.9 Å². The summed E-state index contributed by atoms with van der Waals surface area (Å²) in [4.78, 5) is 11.4. The molecule has 1 amide bonds. The summed E-state index contributed by atoms with van der Waals surface area (Å²) >= 11 is 0. The largest absolute Gasteiger partial charge is 0.366 e. The van der Waals surface area contributed by atoms with E-state index in [2.05, 4.69) is 6.07 Å². The maximum absolute atomic E-state index is 12.6. The summed E-state index contributed by atoms with van der Waals surface area (Å²) in [5, 5.41) is 8.86. The molecule has 0 unspecified atom stereocenters. The second-order valence-electron chi connectivity index (χ2n) is 5.15. The molecular weight excluding hydrogens is 290 g/mol. The van der Waals surface area contributed by atoms with E-state index in [1.54, 1.807) is 13.0 Å². The predicted octanol–water partition coefficient (Wildman–Crippen LogP) is 1.02. The van der Waals surface area contributed by atoms with Crippen molar-refractivity contribution in [1.29, 1.82) is 5.26 Å². The van der Waals surface area contributed by atoms with Crippen LogP contribution in [0.4, 0.5) is 0 Å². The minimum Gasteiger partial charge on any atom is -0.366 e. The molecular formula is C14H17N3O3S. The van der Waals surface area contributed by atoms with Gasteiger partial charge in [0.15, 0.2) is 0 Å². The highest BCUT2D eigenvalue weighted by atomic mass is 32.2. The molecule has 112 valence electrons. The lowest BCUT2D eigenvalue weighted by Crippen LogP contribution is -2.38. The number of aryl methyl sites for hydroxylation is 1. The first-order valence-electron chi connectivity index (χ1n) is 6.66. The number of rotatable bonds is 3. The van der Waals surface area contributed by atoms with E-state index in [0.29, 0.717) is 31.5 Å². The Labute approximate surface area is 124 Å². The van der Waals surface area contributed by atoms with E-state index in [9.17, 15) is 13.2 Å². The van der Waals surface area contributed by atoms with Gasteiger partial charge in [-0.25, -0.2) is 8.42 Å². The van der Waals surface area contributed by atoms with E-state index < -0.39 is 15.9 Å². The zero-order valence-corrected chi connectivity index (χ0v) is 12.6. The second kappa shape index (κ2) is 5.84. The Hall–Kier alpha value is -1.91. The third-order valence-corrected chi connectivity index (χ3v) is 5.64. The van der Waals surface area contributed by atoms with Gasteiger partial charge in [0.1, 0.15) is 0 Å². The number of primary amides is 1. The molecule has 0 atom stereocenters. The molecule has 1 fully saturated rings. The third-order valence-electron chi connectivity index (χ3n) is 3.75. The van der Waals surface area contributed by atoms with E-state index in [1.807, 2.05) is 0 Å². The van der Waals surface area contributed by atoms with Crippen LogP contribution < -0.4 is 5.73 Å². The van der Waals surface area contributed by atoms with Crippen molar-refractivity contribution in [1.82, 2.24) is 4.31 Å². The quantitative estimate of drug-likeness (QED) is 0.900. The number of amides is 1. The van der Waals surface area contributed by atoms with Gasteiger partial charge in [0.2, 0.25) is 15.9 Å². The number of benzene rings is 1. The third kappa shape index (κ3) is 3.06. The van der Waals surface area contributed by atoms with Crippen LogP contribution in [0.5, 0.6) is 0 Å². The topological polar surface area (TPSA) is 104 Å². The van der Waals surface area contributed by atoms with Crippen molar-refractivity contribution in [3.05, 3.63) is 29.3 Å². The highest BCUT2D eigenvalue weighted by Gasteiger charge is 2.29. The number of carbonyl (C=O) groups is 1. The number of sulfonamides is 1. The van der Waals surface area contributed by atoms with E-state index >= 15 is 0 Å². The Morgan fingerprint density at radius 2 is 2.00 bits per heavy atom. The standard InChI is InChI=1S/C14H17N3O3S/c1-10-2-3-12(8-13(10)14(16)18)21(19,20)17-6-4-11(9-15)5-7-17/h2-3,8,11H,4-7H2,1H3,(H2,16,18). The highest BCUT2D eigenvalue weighted by molar-refractivity contribution is 7.89. The Balaban J connectivity index is 2.31. The van der Waals surface area contributed by atoms with Gasteiger partial charge in [-0.05, 0) is 37.5 Å². The number of nitrogens with two attached hydrogens (primary N) is 1. The van der Waals surface area contributed by atoms with Crippen LogP contribution in [0.2, 0.25) is 0 Å². The minimum absolute atomic E-state index is 0.0670. The molecule has 0 bridgehead atoms. The van der Waals surface area contributed by atoms with Crippen LogP contribution in [-0.2, 0) is 10.0 Å². The molecule has 1 heterocycles. The second-order valence-corrected chi connectivity index (χ2v) is 7.09. The van der Waals surface area contributed by atoms with Crippen LogP contribution in [0.1, 0.15) is 28.8 Å². The maximum atomic E-state index is 12.6. The van der Waals surface area contributed by atoms with Gasteiger partial charge in [0.25, 0.3) is 0 Å². The van der Waals surface area contributed by atoms with Crippen molar-refractivity contribution in [2.45, 2.75) is 24.7 Å². The first-order chi connectivity index (χ1) is 9.86. The minimum atomic E-state index is -3.65. The molecule has 7 heteroatoms. The van der Waals surface area contributed by atoms with E-state index in [1.165, 1.54) is 16.4 Å². The summed E-state index contributed by atoms with van der Waals surface area (Å²) in [7, 11) is -3.65. The number of nitrogens with zero attached hydrogens (tertiary/aromatic N) is 2. The predicted molar refractivity (Wildman–Crippen MR) is 76.8 cm³/mol. The number of nitriles is 1. The van der Waals surface area contributed by atoms with Gasteiger partial charge in [-0.2, -0.15) is 9.57 Å². The smallest absolute Gasteiger partial charge is 0.249 e. The summed E-state index contributed by atoms with van der Waals surface area (Å²) < 4.78 is 26.5. The van der Waals surface area contributed by atoms with Crippen LogP contribution in [0.25, 0.3) is 0 Å². The molecule has 2 rings (SSSR count). The Morgan fingerprint density at radius 3 is 2.52 bits per heavy atom. The van der Waals surface area contributed by atoms with Gasteiger partial charge in [0, 0.05) is 24.6 Å². The zero-order valence-electron chi connectivity index (χ0n) is 11.7. The molecule has 0 aromatic heterocycles. The maximum Gasteiger partial charge on any atom is 0.249 e. The van der Waals surface area contributed by atoms with Crippen molar-refractivity contribution in [2.24, 2.45) is 11.7 Å². The van der Waals surface area contributed by atoms with Crippen molar-refractivity contribution < 1.29 is 13.2 Å². The molecule has 0 spiro atoms. The average Bonchev–Trinajstić information content (AvgIpc) is 2.47. The number of hydrogen-bond acceptors (Lipinski definition) is 4. The molecule has 21 heavy (non-hydrogen) atoms. The fraction of sp³-hybridized carbons (Fsp3) is 0.429. The van der Waals surface area contributed by atoms with Gasteiger partial charge in [0.05, 0.1) is 11.0 Å². The summed E-state index contributed by atoms with van der Waals surface area (Å²) in [5.41, 5.74) is 6.11. The first-order valence-corrected chi connectivity index (χ1v) is 8.10. The van der Waals surface area contributed by atoms with E-state index in [-0.39, 0.29) is 16.4 Å². The molecule has 1 aromatic rings. The molecule has 1 saturated heterocycles. The normalized spacial score (nSPS) is 17.3. The Bertz CT molecular complexity index is 699. The average molecular weight is 307 g/mol.